The summed E-state index contributed by atoms with van der Waals surface area (Å²) in [5, 5.41) is 0. The van der Waals surface area contributed by atoms with Gasteiger partial charge < -0.3 is 0 Å². The van der Waals surface area contributed by atoms with Gasteiger partial charge in [0.2, 0.25) is 0 Å². The average molecular weight is 334 g/mol. The van der Waals surface area contributed by atoms with Crippen molar-refractivity contribution in [3.8, 4) is 33.4 Å². The minimum absolute atomic E-state index is 1.25. The third-order valence-electron chi connectivity index (χ3n) is 5.01. The van der Waals surface area contributed by atoms with Crippen molar-refractivity contribution in [2.24, 2.45) is 0 Å². The van der Waals surface area contributed by atoms with E-state index in [1.165, 1.54) is 44.5 Å². The zero-order chi connectivity index (χ0) is 17.9. The van der Waals surface area contributed by atoms with E-state index in [1.807, 2.05) is 0 Å². The van der Waals surface area contributed by atoms with Crippen LogP contribution in [0.25, 0.3) is 33.4 Å². The average Bonchev–Trinajstić information content (AvgIpc) is 2.69. The topological polar surface area (TPSA) is 0 Å². The molecule has 4 aromatic carbocycles. The first kappa shape index (κ1) is 16.4. The van der Waals surface area contributed by atoms with Crippen LogP contribution in [0, 0.1) is 13.8 Å². The molecule has 126 valence electrons. The van der Waals surface area contributed by atoms with Crippen LogP contribution in [-0.2, 0) is 0 Å². The molecule has 4 rings (SSSR count). The second kappa shape index (κ2) is 7.01. The molecule has 0 nitrogen and oxygen atoms in total. The number of hydrogen-bond donors (Lipinski definition) is 0. The van der Waals surface area contributed by atoms with Crippen molar-refractivity contribution >= 4 is 0 Å². The highest BCUT2D eigenvalue weighted by molar-refractivity contribution is 5.85. The molecule has 0 spiro atoms. The maximum absolute atomic E-state index is 2.24. The van der Waals surface area contributed by atoms with Crippen molar-refractivity contribution in [1.29, 1.82) is 0 Å². The first-order valence-electron chi connectivity index (χ1n) is 9.05. The summed E-state index contributed by atoms with van der Waals surface area (Å²) in [6, 6.07) is 34.7. The molecule has 0 heterocycles. The number of rotatable bonds is 3. The maximum Gasteiger partial charge on any atom is -0.0103 e. The summed E-state index contributed by atoms with van der Waals surface area (Å²) in [5.41, 5.74) is 10.3. The Hall–Kier alpha value is -3.12. The summed E-state index contributed by atoms with van der Waals surface area (Å²) in [4.78, 5) is 0. The zero-order valence-electron chi connectivity index (χ0n) is 15.2. The van der Waals surface area contributed by atoms with E-state index in [2.05, 4.69) is 111 Å². The fraction of sp³-hybridized carbons (Fsp3) is 0.0769. The van der Waals surface area contributed by atoms with Gasteiger partial charge in [0, 0.05) is 0 Å². The van der Waals surface area contributed by atoms with Crippen molar-refractivity contribution < 1.29 is 0 Å². The number of benzene rings is 4. The van der Waals surface area contributed by atoms with Crippen molar-refractivity contribution in [3.05, 3.63) is 108 Å². The van der Waals surface area contributed by atoms with Gasteiger partial charge in [0.25, 0.3) is 0 Å². The van der Waals surface area contributed by atoms with Crippen molar-refractivity contribution in [2.45, 2.75) is 13.8 Å². The summed E-state index contributed by atoms with van der Waals surface area (Å²) in [6.45, 7) is 4.34. The standard InChI is InChI=1S/C26H22/c1-19-9-3-5-11-23(19)21-15-17-22(18-16-21)25-13-7-8-14-26(25)24-12-6-4-10-20(24)2/h3-18H,1-2H3. The van der Waals surface area contributed by atoms with Crippen molar-refractivity contribution in [2.75, 3.05) is 0 Å². The highest BCUT2D eigenvalue weighted by Gasteiger charge is 2.09. The molecule has 0 fully saturated rings. The fourth-order valence-corrected chi connectivity index (χ4v) is 3.57. The van der Waals surface area contributed by atoms with Crippen LogP contribution in [0.5, 0.6) is 0 Å². The molecule has 0 aliphatic heterocycles. The molecule has 0 saturated carbocycles. The molecule has 0 atom stereocenters. The summed E-state index contributed by atoms with van der Waals surface area (Å²) < 4.78 is 0. The maximum atomic E-state index is 2.24. The predicted molar refractivity (Wildman–Crippen MR) is 112 cm³/mol. The Morgan fingerprint density at radius 3 is 1.27 bits per heavy atom. The Labute approximate surface area is 155 Å². The molecule has 0 bridgehead atoms. The lowest BCUT2D eigenvalue weighted by Crippen LogP contribution is -1.88. The van der Waals surface area contributed by atoms with Gasteiger partial charge in [0.05, 0.1) is 0 Å². The van der Waals surface area contributed by atoms with Gasteiger partial charge in [-0.05, 0) is 58.4 Å². The fourth-order valence-electron chi connectivity index (χ4n) is 3.57. The van der Waals surface area contributed by atoms with Crippen LogP contribution in [-0.4, -0.2) is 0 Å². The summed E-state index contributed by atoms with van der Waals surface area (Å²) in [7, 11) is 0. The van der Waals surface area contributed by atoms with Crippen LogP contribution < -0.4 is 0 Å². The Kier molecular flexibility index (Phi) is 4.41. The minimum atomic E-state index is 1.25. The Balaban J connectivity index is 1.78. The first-order valence-corrected chi connectivity index (χ1v) is 9.05. The van der Waals surface area contributed by atoms with Gasteiger partial charge >= 0.3 is 0 Å². The van der Waals surface area contributed by atoms with Crippen LogP contribution in [0.2, 0.25) is 0 Å². The third kappa shape index (κ3) is 3.07. The summed E-state index contributed by atoms with van der Waals surface area (Å²) >= 11 is 0. The molecule has 0 amide bonds. The molecule has 0 unspecified atom stereocenters. The molecule has 0 heteroatoms. The van der Waals surface area contributed by atoms with Crippen molar-refractivity contribution in [1.82, 2.24) is 0 Å². The lowest BCUT2D eigenvalue weighted by Gasteiger charge is -2.13. The van der Waals surface area contributed by atoms with E-state index in [0.717, 1.165) is 0 Å². The molecule has 0 N–H and O–H groups in total. The smallest absolute Gasteiger partial charge is 0.0103 e. The zero-order valence-corrected chi connectivity index (χ0v) is 15.2. The van der Waals surface area contributed by atoms with E-state index in [1.54, 1.807) is 0 Å². The van der Waals surface area contributed by atoms with E-state index < -0.39 is 0 Å². The van der Waals surface area contributed by atoms with Gasteiger partial charge in [0.15, 0.2) is 0 Å². The van der Waals surface area contributed by atoms with E-state index in [0.29, 0.717) is 0 Å². The highest BCUT2D eigenvalue weighted by Crippen LogP contribution is 2.34. The number of aryl methyl sites for hydroxylation is 2. The van der Waals surface area contributed by atoms with E-state index in [-0.39, 0.29) is 0 Å². The van der Waals surface area contributed by atoms with Crippen molar-refractivity contribution in [3.63, 3.8) is 0 Å². The lowest BCUT2D eigenvalue weighted by atomic mass is 9.91. The van der Waals surface area contributed by atoms with Gasteiger partial charge in [-0.1, -0.05) is 97.1 Å². The Bertz CT molecular complexity index is 1040. The van der Waals surface area contributed by atoms with Crippen LogP contribution in [0.1, 0.15) is 11.1 Å². The van der Waals surface area contributed by atoms with Gasteiger partial charge in [-0.15, -0.1) is 0 Å². The molecular formula is C26H22. The van der Waals surface area contributed by atoms with Crippen LogP contribution in [0.3, 0.4) is 0 Å². The molecule has 0 saturated heterocycles. The predicted octanol–water partition coefficient (Wildman–Crippen LogP) is 7.30. The Morgan fingerprint density at radius 2 is 0.731 bits per heavy atom. The minimum Gasteiger partial charge on any atom is -0.0620 e. The third-order valence-corrected chi connectivity index (χ3v) is 5.01. The molecule has 4 aromatic rings. The van der Waals surface area contributed by atoms with Crippen LogP contribution >= 0.6 is 0 Å². The van der Waals surface area contributed by atoms with E-state index >= 15 is 0 Å². The summed E-state index contributed by atoms with van der Waals surface area (Å²) in [6.07, 6.45) is 0. The molecule has 0 aromatic heterocycles. The van der Waals surface area contributed by atoms with E-state index in [9.17, 15) is 0 Å². The van der Waals surface area contributed by atoms with Gasteiger partial charge in [-0.3, -0.25) is 0 Å². The molecule has 26 heavy (non-hydrogen) atoms. The molecule has 0 aliphatic rings. The second-order valence-electron chi connectivity index (χ2n) is 6.75. The SMILES string of the molecule is Cc1ccccc1-c1ccc(-c2ccccc2-c2ccccc2C)cc1. The Morgan fingerprint density at radius 1 is 0.346 bits per heavy atom. The largest absolute Gasteiger partial charge is 0.0620 e. The molecular weight excluding hydrogens is 312 g/mol. The second-order valence-corrected chi connectivity index (χ2v) is 6.75. The normalized spacial score (nSPS) is 10.7. The number of hydrogen-bond acceptors (Lipinski definition) is 0. The lowest BCUT2D eigenvalue weighted by molar-refractivity contribution is 1.45. The first-order chi connectivity index (χ1) is 12.7. The molecule has 0 radical (unpaired) electrons. The quantitative estimate of drug-likeness (QED) is 0.368. The van der Waals surface area contributed by atoms with Gasteiger partial charge in [-0.2, -0.15) is 0 Å². The van der Waals surface area contributed by atoms with Crippen LogP contribution in [0.4, 0.5) is 0 Å². The molecule has 0 aliphatic carbocycles. The van der Waals surface area contributed by atoms with Gasteiger partial charge in [-0.25, -0.2) is 0 Å². The monoisotopic (exact) mass is 334 g/mol. The van der Waals surface area contributed by atoms with Gasteiger partial charge in [0.1, 0.15) is 0 Å². The summed E-state index contributed by atoms with van der Waals surface area (Å²) in [5.74, 6) is 0. The van der Waals surface area contributed by atoms with E-state index in [4.69, 9.17) is 0 Å². The highest BCUT2D eigenvalue weighted by atomic mass is 14.1. The van der Waals surface area contributed by atoms with Crippen LogP contribution in [0.15, 0.2) is 97.1 Å².